The summed E-state index contributed by atoms with van der Waals surface area (Å²) in [5, 5.41) is 9.33. The normalized spacial score (nSPS) is 12.8. The molecule has 1 atom stereocenters. The molecule has 16 heavy (non-hydrogen) atoms. The lowest BCUT2D eigenvalue weighted by molar-refractivity contribution is 0.0484. The zero-order valence-electron chi connectivity index (χ0n) is 8.83. The minimum atomic E-state index is -0.195. The van der Waals surface area contributed by atoms with Gasteiger partial charge < -0.3 is 15.6 Å². The van der Waals surface area contributed by atoms with Gasteiger partial charge in [0.2, 0.25) is 0 Å². The Balaban J connectivity index is 2.73. The van der Waals surface area contributed by atoms with Crippen molar-refractivity contribution in [2.24, 2.45) is 5.73 Å². The van der Waals surface area contributed by atoms with Gasteiger partial charge in [0.05, 0.1) is 6.10 Å². The molecule has 90 valence electrons. The van der Waals surface area contributed by atoms with Crippen molar-refractivity contribution < 1.29 is 9.84 Å². The van der Waals surface area contributed by atoms with Crippen LogP contribution in [0.2, 0.25) is 5.02 Å². The van der Waals surface area contributed by atoms with Crippen LogP contribution in [-0.4, -0.2) is 24.9 Å². The molecular formula is C11H15BrClNO2. The minimum Gasteiger partial charge on any atom is -0.396 e. The van der Waals surface area contributed by atoms with Gasteiger partial charge in [0.15, 0.2) is 0 Å². The number of hydrogen-bond acceptors (Lipinski definition) is 3. The van der Waals surface area contributed by atoms with Crippen LogP contribution in [0.25, 0.3) is 0 Å². The van der Waals surface area contributed by atoms with Crippen LogP contribution in [0, 0.1) is 0 Å². The number of nitrogens with two attached hydrogens (primary N) is 1. The van der Waals surface area contributed by atoms with E-state index in [2.05, 4.69) is 15.9 Å². The first-order valence-corrected chi connectivity index (χ1v) is 6.23. The molecule has 3 N–H and O–H groups in total. The first-order valence-electron chi connectivity index (χ1n) is 5.06. The smallest absolute Gasteiger partial charge is 0.0958 e. The maximum absolute atomic E-state index is 8.68. The Morgan fingerprint density at radius 2 is 2.25 bits per heavy atom. The fourth-order valence-corrected chi connectivity index (χ4v) is 2.02. The van der Waals surface area contributed by atoms with E-state index in [1.54, 1.807) is 6.07 Å². The second kappa shape index (κ2) is 7.25. The van der Waals surface area contributed by atoms with Gasteiger partial charge in [-0.05, 0) is 30.2 Å². The average Bonchev–Trinajstić information content (AvgIpc) is 2.28. The molecule has 1 aromatic rings. The van der Waals surface area contributed by atoms with E-state index in [1.165, 1.54) is 0 Å². The maximum atomic E-state index is 8.68. The second-order valence-corrected chi connectivity index (χ2v) is 4.63. The quantitative estimate of drug-likeness (QED) is 0.794. The monoisotopic (exact) mass is 307 g/mol. The lowest BCUT2D eigenvalue weighted by Crippen LogP contribution is -2.17. The molecule has 0 saturated heterocycles. The summed E-state index contributed by atoms with van der Waals surface area (Å²) >= 11 is 9.36. The van der Waals surface area contributed by atoms with Gasteiger partial charge in [0.25, 0.3) is 0 Å². The van der Waals surface area contributed by atoms with Gasteiger partial charge in [-0.2, -0.15) is 0 Å². The van der Waals surface area contributed by atoms with Crippen LogP contribution in [0.3, 0.4) is 0 Å². The second-order valence-electron chi connectivity index (χ2n) is 3.34. The first-order chi connectivity index (χ1) is 7.69. The Morgan fingerprint density at radius 3 is 2.88 bits per heavy atom. The van der Waals surface area contributed by atoms with Crippen LogP contribution in [-0.2, 0) is 4.74 Å². The highest BCUT2D eigenvalue weighted by atomic mass is 79.9. The van der Waals surface area contributed by atoms with Gasteiger partial charge >= 0.3 is 0 Å². The van der Waals surface area contributed by atoms with E-state index >= 15 is 0 Å². The molecule has 0 aromatic heterocycles. The van der Waals surface area contributed by atoms with Gasteiger partial charge in [-0.15, -0.1) is 0 Å². The molecule has 0 aliphatic carbocycles. The molecule has 3 nitrogen and oxygen atoms in total. The van der Waals surface area contributed by atoms with Crippen molar-refractivity contribution in [2.75, 3.05) is 19.8 Å². The number of hydrogen-bond donors (Lipinski definition) is 2. The number of halogens is 2. The van der Waals surface area contributed by atoms with E-state index in [0.717, 1.165) is 10.0 Å². The Bertz CT molecular complexity index is 336. The molecule has 0 aliphatic rings. The van der Waals surface area contributed by atoms with E-state index in [-0.39, 0.29) is 12.7 Å². The number of rotatable bonds is 6. The van der Waals surface area contributed by atoms with Crippen molar-refractivity contribution in [3.63, 3.8) is 0 Å². The van der Waals surface area contributed by atoms with Gasteiger partial charge in [-0.1, -0.05) is 27.5 Å². The molecule has 0 radical (unpaired) electrons. The van der Waals surface area contributed by atoms with Crippen LogP contribution in [0.15, 0.2) is 22.7 Å². The lowest BCUT2D eigenvalue weighted by atomic mass is 10.1. The molecule has 0 spiro atoms. The van der Waals surface area contributed by atoms with Crippen molar-refractivity contribution in [1.82, 2.24) is 0 Å². The minimum absolute atomic E-state index is 0.119. The van der Waals surface area contributed by atoms with Crippen molar-refractivity contribution >= 4 is 27.5 Å². The highest BCUT2D eigenvalue weighted by Crippen LogP contribution is 2.28. The Hall–Kier alpha value is -0.130. The molecule has 1 rings (SSSR count). The van der Waals surface area contributed by atoms with Gasteiger partial charge in [0.1, 0.15) is 0 Å². The lowest BCUT2D eigenvalue weighted by Gasteiger charge is -2.17. The Kier molecular flexibility index (Phi) is 6.31. The molecule has 0 amide bonds. The third kappa shape index (κ3) is 4.03. The number of aliphatic hydroxyl groups excluding tert-OH is 1. The van der Waals surface area contributed by atoms with Crippen LogP contribution >= 0.6 is 27.5 Å². The molecule has 1 unspecified atom stereocenters. The zero-order valence-corrected chi connectivity index (χ0v) is 11.2. The summed E-state index contributed by atoms with van der Waals surface area (Å²) in [5.74, 6) is 0. The van der Waals surface area contributed by atoms with E-state index < -0.39 is 0 Å². The summed E-state index contributed by atoms with van der Waals surface area (Å²) in [6.45, 7) is 0.982. The zero-order chi connectivity index (χ0) is 12.0. The van der Waals surface area contributed by atoms with Crippen LogP contribution in [0.5, 0.6) is 0 Å². The van der Waals surface area contributed by atoms with E-state index in [0.29, 0.717) is 24.6 Å². The molecule has 0 aliphatic heterocycles. The highest BCUT2D eigenvalue weighted by molar-refractivity contribution is 9.10. The summed E-state index contributed by atoms with van der Waals surface area (Å²) in [6.07, 6.45) is 0.411. The summed E-state index contributed by atoms with van der Waals surface area (Å²) in [4.78, 5) is 0. The average molecular weight is 309 g/mol. The Morgan fingerprint density at radius 1 is 1.50 bits per heavy atom. The maximum Gasteiger partial charge on any atom is 0.0958 e. The van der Waals surface area contributed by atoms with Crippen molar-refractivity contribution in [3.05, 3.63) is 33.3 Å². The van der Waals surface area contributed by atoms with E-state index in [4.69, 9.17) is 27.2 Å². The van der Waals surface area contributed by atoms with Gasteiger partial charge in [-0.25, -0.2) is 0 Å². The SMILES string of the molecule is NCC(OCCCO)c1cc(Cl)ccc1Br. The largest absolute Gasteiger partial charge is 0.396 e. The molecule has 0 saturated carbocycles. The van der Waals surface area contributed by atoms with Gasteiger partial charge in [0, 0.05) is 29.3 Å². The van der Waals surface area contributed by atoms with Crippen LogP contribution in [0.1, 0.15) is 18.1 Å². The van der Waals surface area contributed by atoms with E-state index in [9.17, 15) is 0 Å². The fraction of sp³-hybridized carbons (Fsp3) is 0.455. The summed E-state index contributed by atoms with van der Waals surface area (Å²) < 4.78 is 6.51. The van der Waals surface area contributed by atoms with Gasteiger partial charge in [-0.3, -0.25) is 0 Å². The van der Waals surface area contributed by atoms with Crippen molar-refractivity contribution in [2.45, 2.75) is 12.5 Å². The third-order valence-corrected chi connectivity index (χ3v) is 3.10. The van der Waals surface area contributed by atoms with E-state index in [1.807, 2.05) is 12.1 Å². The molecule has 5 heteroatoms. The molecule has 0 bridgehead atoms. The standard InChI is InChI=1S/C11H15BrClNO2/c12-10-3-2-8(13)6-9(10)11(7-14)16-5-1-4-15/h2-3,6,11,15H,1,4-5,7,14H2. The predicted octanol–water partition coefficient (Wildman–Crippen LogP) is 2.50. The predicted molar refractivity (Wildman–Crippen MR) is 68.6 cm³/mol. The molecule has 1 aromatic carbocycles. The molecule has 0 fully saturated rings. The summed E-state index contributed by atoms with van der Waals surface area (Å²) in [5.41, 5.74) is 6.59. The summed E-state index contributed by atoms with van der Waals surface area (Å²) in [7, 11) is 0. The molecule has 0 heterocycles. The third-order valence-electron chi connectivity index (χ3n) is 2.14. The fourth-order valence-electron chi connectivity index (χ4n) is 1.34. The highest BCUT2D eigenvalue weighted by Gasteiger charge is 2.13. The number of benzene rings is 1. The topological polar surface area (TPSA) is 55.5 Å². The number of ether oxygens (including phenoxy) is 1. The van der Waals surface area contributed by atoms with Crippen LogP contribution < -0.4 is 5.73 Å². The molecular weight excluding hydrogens is 293 g/mol. The van der Waals surface area contributed by atoms with Crippen LogP contribution in [0.4, 0.5) is 0 Å². The van der Waals surface area contributed by atoms with Crippen molar-refractivity contribution in [3.8, 4) is 0 Å². The Labute approximate surface area is 109 Å². The summed E-state index contributed by atoms with van der Waals surface area (Å²) in [6, 6.07) is 5.51. The van der Waals surface area contributed by atoms with Crippen molar-refractivity contribution in [1.29, 1.82) is 0 Å². The number of aliphatic hydroxyl groups is 1. The first kappa shape index (κ1) is 13.9.